The van der Waals surface area contributed by atoms with Gasteiger partial charge in [0, 0.05) is 48.2 Å². The smallest absolute Gasteiger partial charge is 0.227 e. The summed E-state index contributed by atoms with van der Waals surface area (Å²) in [4.78, 5) is 45.4. The number of nitrogens with zero attached hydrogens (tertiary/aromatic N) is 7. The molecular formula is C28H23N9O. The van der Waals surface area contributed by atoms with Gasteiger partial charge in [0.2, 0.25) is 5.91 Å². The number of aliphatic imine (C=N–C) groups is 1. The average molecular weight is 502 g/mol. The maximum absolute atomic E-state index is 12.2. The number of pyridine rings is 4. The number of fused-ring (bicyclic) bond motifs is 2. The van der Waals surface area contributed by atoms with Crippen LogP contribution in [0.5, 0.6) is 0 Å². The average Bonchev–Trinajstić information content (AvgIpc) is 3.72. The van der Waals surface area contributed by atoms with E-state index in [2.05, 4.69) is 25.3 Å². The van der Waals surface area contributed by atoms with E-state index < -0.39 is 0 Å². The minimum Gasteiger partial charge on any atom is -0.353 e. The maximum atomic E-state index is 12.2. The van der Waals surface area contributed by atoms with Crippen molar-refractivity contribution in [1.82, 2.24) is 29.9 Å². The first kappa shape index (κ1) is 22.2. The summed E-state index contributed by atoms with van der Waals surface area (Å²) in [6.45, 7) is 0.482. The predicted octanol–water partition coefficient (Wildman–Crippen LogP) is 4.07. The van der Waals surface area contributed by atoms with Crippen LogP contribution in [0.15, 0.2) is 72.5 Å². The molecule has 5 aromatic rings. The first-order valence-corrected chi connectivity index (χ1v) is 12.4. The lowest BCUT2D eigenvalue weighted by atomic mass is 10.0. The van der Waals surface area contributed by atoms with Crippen molar-refractivity contribution in [3.05, 3.63) is 78.9 Å². The fourth-order valence-corrected chi connectivity index (χ4v) is 4.63. The third kappa shape index (κ3) is 3.96. The number of H-pyrrole nitrogens is 1. The standard InChI is InChI=1S/C28H23N9O/c1-37-15-33-26(27-35-23-13-30-12-20(25(23)36-27)21-4-2-3-7-31-21)19-9-22(32-14-24(19)37)17-8-18(11-29-10-17)34-28(38)16-5-6-16/h2-4,7-14,16H,5-6,15H2,1H3,(H,34,38)(H,35,36). The molecule has 0 saturated heterocycles. The molecule has 10 heteroatoms. The molecule has 10 nitrogen and oxygen atoms in total. The highest BCUT2D eigenvalue weighted by Gasteiger charge is 2.29. The number of nitrogens with one attached hydrogen (secondary N) is 2. The summed E-state index contributed by atoms with van der Waals surface area (Å²) in [5, 5.41) is 2.96. The van der Waals surface area contributed by atoms with Gasteiger partial charge < -0.3 is 15.2 Å². The Balaban J connectivity index is 1.28. The van der Waals surface area contributed by atoms with Crippen molar-refractivity contribution < 1.29 is 4.79 Å². The van der Waals surface area contributed by atoms with Gasteiger partial charge in [-0.3, -0.25) is 29.7 Å². The van der Waals surface area contributed by atoms with E-state index in [4.69, 9.17) is 15.0 Å². The zero-order chi connectivity index (χ0) is 25.6. The van der Waals surface area contributed by atoms with Crippen molar-refractivity contribution in [2.45, 2.75) is 12.8 Å². The van der Waals surface area contributed by atoms with E-state index >= 15 is 0 Å². The normalized spacial score (nSPS) is 14.8. The third-order valence-electron chi connectivity index (χ3n) is 6.80. The lowest BCUT2D eigenvalue weighted by molar-refractivity contribution is -0.117. The van der Waals surface area contributed by atoms with E-state index in [1.807, 2.05) is 48.5 Å². The molecule has 1 saturated carbocycles. The maximum Gasteiger partial charge on any atom is 0.227 e. The highest BCUT2D eigenvalue weighted by molar-refractivity contribution is 6.16. The Morgan fingerprint density at radius 1 is 1.00 bits per heavy atom. The van der Waals surface area contributed by atoms with Crippen LogP contribution < -0.4 is 10.2 Å². The molecule has 2 aliphatic rings. The highest BCUT2D eigenvalue weighted by atomic mass is 16.2. The fourth-order valence-electron chi connectivity index (χ4n) is 4.63. The van der Waals surface area contributed by atoms with Crippen LogP contribution in [0.4, 0.5) is 11.4 Å². The van der Waals surface area contributed by atoms with Crippen molar-refractivity contribution in [3.63, 3.8) is 0 Å². The molecule has 38 heavy (non-hydrogen) atoms. The summed E-state index contributed by atoms with van der Waals surface area (Å²) in [6.07, 6.45) is 12.4. The zero-order valence-corrected chi connectivity index (χ0v) is 20.6. The van der Waals surface area contributed by atoms with Crippen molar-refractivity contribution in [2.75, 3.05) is 23.9 Å². The number of carbonyl (C=O) groups excluding carboxylic acids is 1. The van der Waals surface area contributed by atoms with E-state index in [9.17, 15) is 4.79 Å². The van der Waals surface area contributed by atoms with E-state index in [0.29, 0.717) is 18.2 Å². The second-order valence-corrected chi connectivity index (χ2v) is 9.54. The Bertz CT molecular complexity index is 1720. The van der Waals surface area contributed by atoms with Crippen molar-refractivity contribution >= 4 is 34.0 Å². The zero-order valence-electron chi connectivity index (χ0n) is 20.6. The minimum atomic E-state index is 0.0443. The van der Waals surface area contributed by atoms with E-state index in [-0.39, 0.29) is 11.8 Å². The second-order valence-electron chi connectivity index (χ2n) is 9.54. The van der Waals surface area contributed by atoms with Gasteiger partial charge in [0.15, 0.2) is 5.82 Å². The summed E-state index contributed by atoms with van der Waals surface area (Å²) in [5.41, 5.74) is 8.06. The molecule has 7 rings (SSSR count). The van der Waals surface area contributed by atoms with Gasteiger partial charge in [-0.2, -0.15) is 0 Å². The molecule has 0 radical (unpaired) electrons. The van der Waals surface area contributed by atoms with Gasteiger partial charge >= 0.3 is 0 Å². The number of rotatable bonds is 5. The number of aromatic amines is 1. The largest absolute Gasteiger partial charge is 0.353 e. The second kappa shape index (κ2) is 8.84. The molecule has 5 aromatic heterocycles. The predicted molar refractivity (Wildman–Crippen MR) is 145 cm³/mol. The molecule has 0 bridgehead atoms. The van der Waals surface area contributed by atoms with E-state index in [1.54, 1.807) is 31.0 Å². The van der Waals surface area contributed by atoms with Gasteiger partial charge in [-0.15, -0.1) is 0 Å². The quantitative estimate of drug-likeness (QED) is 0.372. The van der Waals surface area contributed by atoms with Crippen LogP contribution in [-0.2, 0) is 4.79 Å². The number of imidazole rings is 1. The minimum absolute atomic E-state index is 0.0443. The SMILES string of the molecule is CN1CN=C(c2nc3c(-c4ccccn4)cncc3[nH]2)c2cc(-c3cncc(NC(=O)C4CC4)c3)ncc21. The van der Waals surface area contributed by atoms with Crippen LogP contribution in [0.25, 0.3) is 33.5 Å². The Hall–Kier alpha value is -4.99. The summed E-state index contributed by atoms with van der Waals surface area (Å²) in [6, 6.07) is 9.67. The van der Waals surface area contributed by atoms with Crippen molar-refractivity contribution in [3.8, 4) is 22.5 Å². The Kier molecular flexibility index (Phi) is 5.17. The van der Waals surface area contributed by atoms with E-state index in [1.165, 1.54) is 0 Å². The van der Waals surface area contributed by atoms with Gasteiger partial charge in [-0.1, -0.05) is 6.07 Å². The molecule has 0 atom stereocenters. The number of hydrogen-bond acceptors (Lipinski definition) is 8. The molecule has 0 unspecified atom stereocenters. The van der Waals surface area contributed by atoms with Crippen LogP contribution in [-0.4, -0.2) is 55.2 Å². The first-order valence-electron chi connectivity index (χ1n) is 12.4. The Morgan fingerprint density at radius 3 is 2.74 bits per heavy atom. The van der Waals surface area contributed by atoms with Gasteiger partial charge in [0.25, 0.3) is 0 Å². The topological polar surface area (TPSA) is 125 Å². The molecule has 186 valence electrons. The van der Waals surface area contributed by atoms with Crippen molar-refractivity contribution in [2.24, 2.45) is 10.9 Å². The Morgan fingerprint density at radius 2 is 1.89 bits per heavy atom. The van der Waals surface area contributed by atoms with Crippen molar-refractivity contribution in [1.29, 1.82) is 0 Å². The monoisotopic (exact) mass is 501 g/mol. The van der Waals surface area contributed by atoms with Gasteiger partial charge in [0.05, 0.1) is 46.9 Å². The van der Waals surface area contributed by atoms with E-state index in [0.717, 1.165) is 63.4 Å². The number of hydrogen-bond donors (Lipinski definition) is 2. The first-order chi connectivity index (χ1) is 18.6. The fraction of sp³-hybridized carbons (Fsp3) is 0.179. The van der Waals surface area contributed by atoms with Crippen LogP contribution in [0.1, 0.15) is 24.2 Å². The molecule has 1 aliphatic carbocycles. The van der Waals surface area contributed by atoms with Gasteiger partial charge in [-0.25, -0.2) is 4.98 Å². The van der Waals surface area contributed by atoms with Crippen LogP contribution >= 0.6 is 0 Å². The number of carbonyl (C=O) groups is 1. The Labute approximate surface area is 218 Å². The summed E-state index contributed by atoms with van der Waals surface area (Å²) < 4.78 is 0. The molecule has 6 heterocycles. The summed E-state index contributed by atoms with van der Waals surface area (Å²) >= 11 is 0. The third-order valence-corrected chi connectivity index (χ3v) is 6.80. The molecule has 0 spiro atoms. The lowest BCUT2D eigenvalue weighted by Crippen LogP contribution is -2.27. The molecule has 2 N–H and O–H groups in total. The van der Waals surface area contributed by atoms with Crippen LogP contribution in [0.3, 0.4) is 0 Å². The van der Waals surface area contributed by atoms with Crippen LogP contribution in [0, 0.1) is 5.92 Å². The van der Waals surface area contributed by atoms with Crippen LogP contribution in [0.2, 0.25) is 0 Å². The molecule has 1 aliphatic heterocycles. The van der Waals surface area contributed by atoms with Gasteiger partial charge in [0.1, 0.15) is 17.9 Å². The highest BCUT2D eigenvalue weighted by Crippen LogP contribution is 2.33. The molecular weight excluding hydrogens is 478 g/mol. The number of aromatic nitrogens is 6. The van der Waals surface area contributed by atoms with Gasteiger partial charge in [-0.05, 0) is 37.1 Å². The lowest BCUT2D eigenvalue weighted by Gasteiger charge is -2.25. The summed E-state index contributed by atoms with van der Waals surface area (Å²) in [5.74, 6) is 0.815. The molecule has 1 fully saturated rings. The molecule has 0 aromatic carbocycles. The number of anilines is 2. The number of amides is 1. The summed E-state index contributed by atoms with van der Waals surface area (Å²) in [7, 11) is 1.98. The molecule has 1 amide bonds.